The first-order valence-corrected chi connectivity index (χ1v) is 43.1. The number of nitrogens with zero attached hydrogens (tertiary/aromatic N) is 11. The Morgan fingerprint density at radius 3 is 1.11 bits per heavy atom. The molecule has 26 rings (SSSR count). The van der Waals surface area contributed by atoms with Gasteiger partial charge in [-0.15, -0.1) is 11.3 Å². The molecule has 0 N–H and O–H groups in total. The second-order valence-corrected chi connectivity index (χ2v) is 32.6. The maximum Gasteiger partial charge on any atom is 0.238 e. The van der Waals surface area contributed by atoms with Crippen LogP contribution in [0.2, 0.25) is 0 Å². The number of hydrogen-bond acceptors (Lipinski definition) is 9. The zero-order chi connectivity index (χ0) is 83.1. The molecule has 11 nitrogen and oxygen atoms in total. The van der Waals surface area contributed by atoms with Crippen molar-refractivity contribution in [3.63, 3.8) is 0 Å². The minimum Gasteiger partial charge on any atom is -0.309 e. The Kier molecular flexibility index (Phi) is 17.8. The fourth-order valence-corrected chi connectivity index (χ4v) is 19.8. The van der Waals surface area contributed by atoms with Gasteiger partial charge in [-0.2, -0.15) is 9.97 Å². The number of aromatic nitrogens is 11. The molecule has 7 aromatic heterocycles. The molecule has 0 spiro atoms. The molecule has 0 amide bonds. The number of fused-ring (bicyclic) bond motifs is 23. The van der Waals surface area contributed by atoms with Crippen molar-refractivity contribution in [3.05, 3.63) is 431 Å². The van der Waals surface area contributed by atoms with Crippen molar-refractivity contribution >= 4 is 151 Å². The lowest BCUT2D eigenvalue weighted by atomic mass is 9.92. The largest absolute Gasteiger partial charge is 0.309 e. The summed E-state index contributed by atoms with van der Waals surface area (Å²) in [6, 6.07) is 150. The number of benzene rings is 19. The van der Waals surface area contributed by atoms with E-state index in [1.807, 2.05) is 139 Å². The van der Waals surface area contributed by atoms with E-state index in [2.05, 4.69) is 317 Å². The van der Waals surface area contributed by atoms with Crippen LogP contribution >= 0.6 is 11.3 Å². The average molecular weight is 1630 g/mol. The summed E-state index contributed by atoms with van der Waals surface area (Å²) in [6.45, 7) is 0. The monoisotopic (exact) mass is 1630 g/mol. The topological polar surface area (TPSA) is 118 Å². The highest BCUT2D eigenvalue weighted by Gasteiger charge is 2.27. The Labute approximate surface area is 727 Å². The molecule has 0 atom stereocenters. The molecule has 0 saturated heterocycles. The van der Waals surface area contributed by atoms with Gasteiger partial charge in [0.2, 0.25) is 11.9 Å². The maximum atomic E-state index is 5.31. The minimum absolute atomic E-state index is 0.589. The van der Waals surface area contributed by atoms with Gasteiger partial charge in [0.15, 0.2) is 29.1 Å². The summed E-state index contributed by atoms with van der Waals surface area (Å²) >= 11 is 1.86. The van der Waals surface area contributed by atoms with Gasteiger partial charge in [-0.3, -0.25) is 9.13 Å². The molecule has 0 radical (unpaired) electrons. The molecule has 26 aromatic rings. The summed E-state index contributed by atoms with van der Waals surface area (Å²) in [6.07, 6.45) is 0. The van der Waals surface area contributed by atoms with Gasteiger partial charge in [-0.05, 0) is 121 Å². The molecule has 0 fully saturated rings. The molecule has 0 saturated carbocycles. The van der Waals surface area contributed by atoms with E-state index in [4.69, 9.17) is 39.9 Å². The summed E-state index contributed by atoms with van der Waals surface area (Å²) in [5.74, 6) is 4.53. The van der Waals surface area contributed by atoms with E-state index in [1.54, 1.807) is 0 Å². The number of rotatable bonds is 10. The second kappa shape index (κ2) is 30.7. The van der Waals surface area contributed by atoms with Gasteiger partial charge in [-0.25, -0.2) is 29.9 Å². The number of hydrogen-bond donors (Lipinski definition) is 0. The smallest absolute Gasteiger partial charge is 0.238 e. The fraction of sp³-hybridized carbons (Fsp3) is 0. The first-order valence-electron chi connectivity index (χ1n) is 42.3. The zero-order valence-corrected chi connectivity index (χ0v) is 68.6. The third-order valence-electron chi connectivity index (χ3n) is 24.3. The van der Waals surface area contributed by atoms with Gasteiger partial charge in [0.05, 0.1) is 49.0 Å². The predicted octanol–water partition coefficient (Wildman–Crippen LogP) is 29.3. The molecule has 0 aliphatic rings. The highest BCUT2D eigenvalue weighted by molar-refractivity contribution is 7.27. The highest BCUT2D eigenvalue weighted by Crippen LogP contribution is 2.49. The lowest BCUT2D eigenvalue weighted by Gasteiger charge is -2.13. The Morgan fingerprint density at radius 2 is 0.556 bits per heavy atom. The lowest BCUT2D eigenvalue weighted by molar-refractivity contribution is 0.953. The predicted molar refractivity (Wildman–Crippen MR) is 523 cm³/mol. The fourth-order valence-electron chi connectivity index (χ4n) is 18.6. The first-order chi connectivity index (χ1) is 62.5. The zero-order valence-electron chi connectivity index (χ0n) is 67.8. The van der Waals surface area contributed by atoms with Crippen LogP contribution in [-0.2, 0) is 0 Å². The molecular weight excluding hydrogens is 1560 g/mol. The lowest BCUT2D eigenvalue weighted by Crippen LogP contribution is -2.06. The average Bonchev–Trinajstić information content (AvgIpc) is 1.52. The van der Waals surface area contributed by atoms with Gasteiger partial charge in [-0.1, -0.05) is 364 Å². The van der Waals surface area contributed by atoms with Gasteiger partial charge in [0.1, 0.15) is 0 Å². The van der Waals surface area contributed by atoms with Crippen molar-refractivity contribution in [2.75, 3.05) is 0 Å². The SMILES string of the molecule is c1ccc(-c2nc(-c3ccccc3)nc(-c3cccc(-c4ccc5c6ccccc6c6ccccc6c5c4)c3)n2)cc1.c1ccc(-c2nc(-c3ccccc3)nc(-n3c4ccccc4c4cc5c6ccccc6n(-c6ccccc6)c5cc43)n2)cc1.c1ccc(-c2nc(-n3c4ccccc4c4c5ccccc5c5c6ccccc6sc5c43)nc3ccccc23)cc1. The van der Waals surface area contributed by atoms with E-state index in [9.17, 15) is 0 Å². The van der Waals surface area contributed by atoms with Crippen LogP contribution in [0.1, 0.15) is 0 Å². The van der Waals surface area contributed by atoms with E-state index in [0.29, 0.717) is 41.0 Å². The van der Waals surface area contributed by atoms with Gasteiger partial charge in [0.25, 0.3) is 0 Å². The molecular formula is C114H71N11S. The summed E-state index contributed by atoms with van der Waals surface area (Å²) in [5.41, 5.74) is 17.8. The third kappa shape index (κ3) is 12.6. The molecule has 12 heteroatoms. The quantitative estimate of drug-likeness (QED) is 0.124. The molecule has 126 heavy (non-hydrogen) atoms. The van der Waals surface area contributed by atoms with Crippen LogP contribution in [0.25, 0.3) is 236 Å². The number of thiophene rings is 1. The van der Waals surface area contributed by atoms with Crippen LogP contribution in [0.15, 0.2) is 431 Å². The maximum absolute atomic E-state index is 5.31. The Balaban J connectivity index is 0.000000106. The summed E-state index contributed by atoms with van der Waals surface area (Å²) in [4.78, 5) is 40.4. The first kappa shape index (κ1) is 73.1. The normalized spacial score (nSPS) is 11.7. The van der Waals surface area contributed by atoms with Crippen LogP contribution in [0.4, 0.5) is 0 Å². The molecule has 588 valence electrons. The van der Waals surface area contributed by atoms with Crippen molar-refractivity contribution in [2.45, 2.75) is 0 Å². The van der Waals surface area contributed by atoms with E-state index in [-0.39, 0.29) is 0 Å². The van der Waals surface area contributed by atoms with Crippen LogP contribution in [-0.4, -0.2) is 53.6 Å². The molecule has 0 aliphatic heterocycles. The Bertz CT molecular complexity index is 8630. The third-order valence-corrected chi connectivity index (χ3v) is 25.4. The molecule has 0 bridgehead atoms. The molecule has 0 unspecified atom stereocenters. The highest BCUT2D eigenvalue weighted by atomic mass is 32.1. The number of para-hydroxylation sites is 5. The van der Waals surface area contributed by atoms with Gasteiger partial charge < -0.3 is 4.57 Å². The van der Waals surface area contributed by atoms with E-state index in [0.717, 1.165) is 99.6 Å². The molecule has 19 aromatic carbocycles. The van der Waals surface area contributed by atoms with Gasteiger partial charge >= 0.3 is 0 Å². The molecule has 0 aliphatic carbocycles. The Hall–Kier alpha value is -16.8. The van der Waals surface area contributed by atoms with E-state index < -0.39 is 0 Å². The van der Waals surface area contributed by atoms with Crippen molar-refractivity contribution < 1.29 is 0 Å². The van der Waals surface area contributed by atoms with Gasteiger partial charge in [0, 0.05) is 92.2 Å². The van der Waals surface area contributed by atoms with Crippen molar-refractivity contribution in [1.82, 2.24) is 53.6 Å². The summed E-state index contributed by atoms with van der Waals surface area (Å²) < 4.78 is 9.40. The van der Waals surface area contributed by atoms with Crippen LogP contribution in [0, 0.1) is 0 Å². The van der Waals surface area contributed by atoms with Crippen molar-refractivity contribution in [2.24, 2.45) is 0 Å². The standard InChI is InChI=1S/C39H25N5.C39H25N3.C36H21N3S/c1-4-14-26(15-5-1)37-40-38(27-16-6-2-7-17-27)42-39(41-37)44-34-23-13-11-21-30(34)32-24-31-29-20-10-12-22-33(29)43(35(31)25-36(32)44)28-18-8-3-9-19-28;1-3-12-26(13-4-1)37-40-38(27-14-5-2-6-15-27)42-39(41-37)30-17-11-16-28(24-30)29-22-23-35-33-20-8-7-18-31(33)32-19-9-10-21-34(32)36(35)25-29;1-2-12-22(13-3-1)33-25-16-6-9-19-28(25)37-36(38-33)39-29-20-10-7-17-26(29)31-23-14-4-5-15-24(23)32-27-18-8-11-21-30(27)40-35(32)34(31)39/h1-25H;1-25H;1-21H. The van der Waals surface area contributed by atoms with Crippen LogP contribution in [0.5, 0.6) is 0 Å². The van der Waals surface area contributed by atoms with Crippen molar-refractivity contribution in [3.8, 4) is 96.9 Å². The van der Waals surface area contributed by atoms with Crippen LogP contribution < -0.4 is 0 Å². The second-order valence-electron chi connectivity index (χ2n) is 31.6. The van der Waals surface area contributed by atoms with Crippen molar-refractivity contribution in [1.29, 1.82) is 0 Å². The van der Waals surface area contributed by atoms with Crippen LogP contribution in [0.3, 0.4) is 0 Å². The summed E-state index contributed by atoms with van der Waals surface area (Å²) in [5, 5.41) is 21.0. The summed E-state index contributed by atoms with van der Waals surface area (Å²) in [7, 11) is 0. The van der Waals surface area contributed by atoms with E-state index in [1.165, 1.54) is 95.8 Å². The minimum atomic E-state index is 0.589. The molecule has 7 heterocycles. The van der Waals surface area contributed by atoms with E-state index >= 15 is 0 Å². The Morgan fingerprint density at radius 1 is 0.183 bits per heavy atom.